The molecule has 0 spiro atoms. The highest BCUT2D eigenvalue weighted by Crippen LogP contribution is 2.25. The minimum absolute atomic E-state index is 0.0772. The molecule has 26 heavy (non-hydrogen) atoms. The van der Waals surface area contributed by atoms with Gasteiger partial charge in [0, 0.05) is 16.1 Å². The second-order valence-corrected chi connectivity index (χ2v) is 6.26. The maximum Gasteiger partial charge on any atom is 0.375 e. The molecule has 5 nitrogen and oxygen atoms in total. The molecule has 0 radical (unpaired) electrons. The zero-order valence-electron chi connectivity index (χ0n) is 14.1. The van der Waals surface area contributed by atoms with Gasteiger partial charge in [-0.2, -0.15) is 0 Å². The van der Waals surface area contributed by atoms with Crippen molar-refractivity contribution in [1.82, 2.24) is 0 Å². The van der Waals surface area contributed by atoms with Crippen LogP contribution in [-0.4, -0.2) is 24.7 Å². The molecule has 3 aromatic rings. The van der Waals surface area contributed by atoms with Crippen LogP contribution in [0, 0.1) is 0 Å². The Morgan fingerprint density at radius 2 is 1.77 bits per heavy atom. The van der Waals surface area contributed by atoms with E-state index < -0.39 is 18.5 Å². The van der Waals surface area contributed by atoms with Crippen molar-refractivity contribution in [2.24, 2.45) is 0 Å². The summed E-state index contributed by atoms with van der Waals surface area (Å²) < 4.78 is 10.3. The van der Waals surface area contributed by atoms with Crippen LogP contribution in [0.3, 0.4) is 0 Å². The number of amides is 1. The minimum Gasteiger partial charge on any atom is -0.457 e. The molecular weight excluding hydrogens is 350 g/mol. The van der Waals surface area contributed by atoms with Crippen LogP contribution in [0.15, 0.2) is 76.2 Å². The molecule has 0 aliphatic rings. The van der Waals surface area contributed by atoms with Crippen LogP contribution in [0.25, 0.3) is 11.1 Å². The number of furan rings is 1. The van der Waals surface area contributed by atoms with E-state index in [2.05, 4.69) is 5.32 Å². The van der Waals surface area contributed by atoms with Crippen molar-refractivity contribution >= 4 is 29.3 Å². The standard InChI is InChI=1S/C20H17NO4S/c1-26-16-9-7-15(8-10-16)21-18(22)13-25-20(23)19-17(11-12-24-19)14-5-3-2-4-6-14/h2-12H,13H2,1H3,(H,21,22). The Morgan fingerprint density at radius 1 is 1.04 bits per heavy atom. The topological polar surface area (TPSA) is 68.5 Å². The summed E-state index contributed by atoms with van der Waals surface area (Å²) in [4.78, 5) is 25.3. The predicted molar refractivity (Wildman–Crippen MR) is 101 cm³/mol. The summed E-state index contributed by atoms with van der Waals surface area (Å²) >= 11 is 1.62. The largest absolute Gasteiger partial charge is 0.457 e. The number of hydrogen-bond acceptors (Lipinski definition) is 5. The first-order valence-electron chi connectivity index (χ1n) is 7.91. The van der Waals surface area contributed by atoms with Crippen molar-refractivity contribution in [2.45, 2.75) is 4.90 Å². The first-order valence-corrected chi connectivity index (χ1v) is 9.14. The number of rotatable bonds is 6. The van der Waals surface area contributed by atoms with E-state index in [1.807, 2.05) is 48.7 Å². The fourth-order valence-corrected chi connectivity index (χ4v) is 2.79. The maximum atomic E-state index is 12.2. The normalized spacial score (nSPS) is 10.3. The lowest BCUT2D eigenvalue weighted by Gasteiger charge is -2.07. The lowest BCUT2D eigenvalue weighted by Crippen LogP contribution is -2.20. The van der Waals surface area contributed by atoms with E-state index >= 15 is 0 Å². The summed E-state index contributed by atoms with van der Waals surface area (Å²) in [7, 11) is 0. The Bertz CT molecular complexity index is 888. The van der Waals surface area contributed by atoms with Crippen LogP contribution in [0.1, 0.15) is 10.6 Å². The number of carbonyl (C=O) groups excluding carboxylic acids is 2. The molecule has 0 aliphatic heterocycles. The van der Waals surface area contributed by atoms with E-state index in [9.17, 15) is 9.59 Å². The lowest BCUT2D eigenvalue weighted by molar-refractivity contribution is -0.119. The van der Waals surface area contributed by atoms with Gasteiger partial charge in [0.2, 0.25) is 5.76 Å². The predicted octanol–water partition coefficient (Wildman–Crippen LogP) is 4.46. The van der Waals surface area contributed by atoms with Crippen LogP contribution < -0.4 is 5.32 Å². The molecule has 2 aromatic carbocycles. The molecule has 1 heterocycles. The Labute approximate surface area is 155 Å². The van der Waals surface area contributed by atoms with E-state index in [0.717, 1.165) is 10.5 Å². The molecular formula is C20H17NO4S. The van der Waals surface area contributed by atoms with E-state index in [1.54, 1.807) is 30.0 Å². The third-order valence-corrected chi connectivity index (χ3v) is 4.39. The molecule has 0 aliphatic carbocycles. The number of carbonyl (C=O) groups is 2. The molecule has 1 aromatic heterocycles. The van der Waals surface area contributed by atoms with Gasteiger partial charge in [-0.25, -0.2) is 4.79 Å². The summed E-state index contributed by atoms with van der Waals surface area (Å²) in [6.07, 6.45) is 3.40. The SMILES string of the molecule is CSc1ccc(NC(=O)COC(=O)c2occc2-c2ccccc2)cc1. The number of nitrogens with one attached hydrogen (secondary N) is 1. The lowest BCUT2D eigenvalue weighted by atomic mass is 10.1. The van der Waals surface area contributed by atoms with Gasteiger partial charge < -0.3 is 14.5 Å². The fourth-order valence-electron chi connectivity index (χ4n) is 2.38. The number of anilines is 1. The van der Waals surface area contributed by atoms with Gasteiger partial charge in [-0.05, 0) is 42.2 Å². The Balaban J connectivity index is 1.59. The number of esters is 1. The van der Waals surface area contributed by atoms with Crippen molar-refractivity contribution in [3.05, 3.63) is 72.7 Å². The van der Waals surface area contributed by atoms with Crippen LogP contribution in [0.4, 0.5) is 5.69 Å². The molecule has 0 saturated carbocycles. The molecule has 0 bridgehead atoms. The monoisotopic (exact) mass is 367 g/mol. The average molecular weight is 367 g/mol. The molecule has 1 N–H and O–H groups in total. The molecule has 132 valence electrons. The summed E-state index contributed by atoms with van der Waals surface area (Å²) in [5.41, 5.74) is 2.11. The van der Waals surface area contributed by atoms with E-state index in [1.165, 1.54) is 6.26 Å². The summed E-state index contributed by atoms with van der Waals surface area (Å²) in [5.74, 6) is -1.02. The van der Waals surface area contributed by atoms with Crippen molar-refractivity contribution < 1.29 is 18.7 Å². The highest BCUT2D eigenvalue weighted by Gasteiger charge is 2.19. The van der Waals surface area contributed by atoms with Gasteiger partial charge in [0.05, 0.1) is 6.26 Å². The van der Waals surface area contributed by atoms with Gasteiger partial charge in [0.1, 0.15) is 0 Å². The van der Waals surface area contributed by atoms with Gasteiger partial charge in [0.25, 0.3) is 5.91 Å². The van der Waals surface area contributed by atoms with Crippen LogP contribution >= 0.6 is 11.8 Å². The van der Waals surface area contributed by atoms with Crippen LogP contribution in [-0.2, 0) is 9.53 Å². The Morgan fingerprint density at radius 3 is 2.46 bits per heavy atom. The van der Waals surface area contributed by atoms with E-state index in [4.69, 9.17) is 9.15 Å². The van der Waals surface area contributed by atoms with Crippen molar-refractivity contribution in [1.29, 1.82) is 0 Å². The first kappa shape index (κ1) is 17.8. The maximum absolute atomic E-state index is 12.2. The van der Waals surface area contributed by atoms with Crippen LogP contribution in [0.2, 0.25) is 0 Å². The van der Waals surface area contributed by atoms with Gasteiger partial charge in [-0.3, -0.25) is 4.79 Å². The molecule has 6 heteroatoms. The van der Waals surface area contributed by atoms with Gasteiger partial charge in [-0.15, -0.1) is 11.8 Å². The number of benzene rings is 2. The highest BCUT2D eigenvalue weighted by atomic mass is 32.2. The molecule has 0 atom stereocenters. The third-order valence-electron chi connectivity index (χ3n) is 3.64. The molecule has 0 saturated heterocycles. The number of ether oxygens (including phenoxy) is 1. The van der Waals surface area contributed by atoms with E-state index in [-0.39, 0.29) is 5.76 Å². The fraction of sp³-hybridized carbons (Fsp3) is 0.100. The molecule has 0 fully saturated rings. The van der Waals surface area contributed by atoms with Gasteiger partial charge in [-0.1, -0.05) is 30.3 Å². The molecule has 1 amide bonds. The average Bonchev–Trinajstić information content (AvgIpc) is 3.17. The van der Waals surface area contributed by atoms with Gasteiger partial charge in [0.15, 0.2) is 6.61 Å². The van der Waals surface area contributed by atoms with Crippen molar-refractivity contribution in [2.75, 3.05) is 18.2 Å². The Kier molecular flexibility index (Phi) is 5.76. The smallest absolute Gasteiger partial charge is 0.375 e. The quantitative estimate of drug-likeness (QED) is 0.514. The summed E-state index contributed by atoms with van der Waals surface area (Å²) in [6.45, 7) is -0.391. The molecule has 0 unspecified atom stereocenters. The summed E-state index contributed by atoms with van der Waals surface area (Å²) in [6, 6.07) is 18.5. The van der Waals surface area contributed by atoms with Crippen LogP contribution in [0.5, 0.6) is 0 Å². The zero-order valence-corrected chi connectivity index (χ0v) is 14.9. The second-order valence-electron chi connectivity index (χ2n) is 5.38. The number of hydrogen-bond donors (Lipinski definition) is 1. The van der Waals surface area contributed by atoms with E-state index in [0.29, 0.717) is 11.3 Å². The van der Waals surface area contributed by atoms with Gasteiger partial charge >= 0.3 is 5.97 Å². The second kappa shape index (κ2) is 8.40. The minimum atomic E-state index is -0.679. The first-order chi connectivity index (χ1) is 12.7. The van der Waals surface area contributed by atoms with Crippen molar-refractivity contribution in [3.63, 3.8) is 0 Å². The zero-order chi connectivity index (χ0) is 18.4. The van der Waals surface area contributed by atoms with Crippen molar-refractivity contribution in [3.8, 4) is 11.1 Å². The highest BCUT2D eigenvalue weighted by molar-refractivity contribution is 7.98. The number of thioether (sulfide) groups is 1. The summed E-state index contributed by atoms with van der Waals surface area (Å²) in [5, 5.41) is 2.68. The molecule has 3 rings (SSSR count). The Hall–Kier alpha value is -2.99. The third kappa shape index (κ3) is 4.34.